The van der Waals surface area contributed by atoms with Crippen molar-refractivity contribution in [3.05, 3.63) is 69.5 Å². The third kappa shape index (κ3) is 7.62. The fraction of sp³-hybridized carbons (Fsp3) is 0.440. The number of hydrogen-bond acceptors (Lipinski definition) is 3. The molecule has 33 heavy (non-hydrogen) atoms. The van der Waals surface area contributed by atoms with E-state index in [0.29, 0.717) is 26.9 Å². The highest BCUT2D eigenvalue weighted by Crippen LogP contribution is 2.24. The molecule has 0 spiro atoms. The Bertz CT molecular complexity index is 969. The van der Waals surface area contributed by atoms with Crippen molar-refractivity contribution in [1.29, 1.82) is 0 Å². The largest absolute Gasteiger partial charge is 0.352 e. The predicted octanol–water partition coefficient (Wildman–Crippen LogP) is 6.23. The average molecular weight is 511 g/mol. The van der Waals surface area contributed by atoms with Crippen LogP contribution in [-0.2, 0) is 21.9 Å². The van der Waals surface area contributed by atoms with Crippen LogP contribution in [0.4, 0.5) is 4.39 Å². The number of carbonyl (C=O) groups is 2. The Labute approximate surface area is 209 Å². The molecule has 2 aromatic rings. The van der Waals surface area contributed by atoms with Crippen LogP contribution >= 0.6 is 35.0 Å². The number of rotatable bonds is 9. The number of benzene rings is 2. The SMILES string of the molecule is CC(C(=O)NC1CCCCC1)N(Cc1ccc(Cl)cc1Cl)C(=O)CSCc1ccccc1F. The summed E-state index contributed by atoms with van der Waals surface area (Å²) in [6, 6.07) is 11.1. The van der Waals surface area contributed by atoms with E-state index in [1.807, 2.05) is 0 Å². The molecule has 1 atom stereocenters. The maximum Gasteiger partial charge on any atom is 0.242 e. The van der Waals surface area contributed by atoms with E-state index in [9.17, 15) is 14.0 Å². The molecule has 4 nitrogen and oxygen atoms in total. The first-order valence-corrected chi connectivity index (χ1v) is 13.1. The van der Waals surface area contributed by atoms with E-state index in [1.54, 1.807) is 48.2 Å². The maximum atomic E-state index is 13.9. The van der Waals surface area contributed by atoms with E-state index in [0.717, 1.165) is 25.7 Å². The Morgan fingerprint density at radius 1 is 1.12 bits per heavy atom. The molecule has 0 aliphatic heterocycles. The van der Waals surface area contributed by atoms with Gasteiger partial charge in [0.15, 0.2) is 0 Å². The average Bonchev–Trinajstić information content (AvgIpc) is 2.80. The van der Waals surface area contributed by atoms with Gasteiger partial charge in [0.25, 0.3) is 0 Å². The number of carbonyl (C=O) groups excluding carboxylic acids is 2. The van der Waals surface area contributed by atoms with E-state index in [-0.39, 0.29) is 36.0 Å². The molecule has 1 aliphatic carbocycles. The Balaban J connectivity index is 1.69. The molecule has 3 rings (SSSR count). The molecule has 1 unspecified atom stereocenters. The van der Waals surface area contributed by atoms with Gasteiger partial charge in [0.05, 0.1) is 5.75 Å². The van der Waals surface area contributed by atoms with Crippen LogP contribution in [0.3, 0.4) is 0 Å². The molecule has 0 bridgehead atoms. The summed E-state index contributed by atoms with van der Waals surface area (Å²) in [4.78, 5) is 27.8. The van der Waals surface area contributed by atoms with Crippen molar-refractivity contribution in [2.45, 2.75) is 63.4 Å². The molecule has 8 heteroatoms. The Hall–Kier alpha value is -1.76. The summed E-state index contributed by atoms with van der Waals surface area (Å²) in [5.41, 5.74) is 1.26. The Morgan fingerprint density at radius 2 is 1.85 bits per heavy atom. The van der Waals surface area contributed by atoms with Crippen LogP contribution in [0.1, 0.15) is 50.2 Å². The van der Waals surface area contributed by atoms with Gasteiger partial charge in [-0.3, -0.25) is 9.59 Å². The highest BCUT2D eigenvalue weighted by molar-refractivity contribution is 7.99. The smallest absolute Gasteiger partial charge is 0.242 e. The van der Waals surface area contributed by atoms with E-state index < -0.39 is 6.04 Å². The molecule has 1 N–H and O–H groups in total. The lowest BCUT2D eigenvalue weighted by atomic mass is 9.95. The standard InChI is InChI=1S/C25H29Cl2FN2O2S/c1-17(25(32)29-21-8-3-2-4-9-21)30(14-18-11-12-20(26)13-22(18)27)24(31)16-33-15-19-7-5-6-10-23(19)28/h5-7,10-13,17,21H,2-4,8-9,14-16H2,1H3,(H,29,32). The minimum atomic E-state index is -0.666. The minimum absolute atomic E-state index is 0.126. The number of hydrogen-bond donors (Lipinski definition) is 1. The topological polar surface area (TPSA) is 49.4 Å². The van der Waals surface area contributed by atoms with Crippen molar-refractivity contribution in [3.8, 4) is 0 Å². The Kier molecular flexibility index (Phi) is 9.90. The number of amides is 2. The quantitative estimate of drug-likeness (QED) is 0.434. The van der Waals surface area contributed by atoms with Gasteiger partial charge >= 0.3 is 0 Å². The van der Waals surface area contributed by atoms with E-state index in [4.69, 9.17) is 23.2 Å². The molecule has 0 heterocycles. The van der Waals surface area contributed by atoms with Crippen LogP contribution in [0, 0.1) is 5.82 Å². The van der Waals surface area contributed by atoms with Gasteiger partial charge in [0.1, 0.15) is 11.9 Å². The lowest BCUT2D eigenvalue weighted by Crippen LogP contribution is -2.50. The number of nitrogens with zero attached hydrogens (tertiary/aromatic N) is 1. The second-order valence-electron chi connectivity index (χ2n) is 8.36. The van der Waals surface area contributed by atoms with Crippen molar-refractivity contribution in [2.24, 2.45) is 0 Å². The normalized spacial score (nSPS) is 15.2. The van der Waals surface area contributed by atoms with Gasteiger partial charge in [0.2, 0.25) is 11.8 Å². The van der Waals surface area contributed by atoms with Gasteiger partial charge in [-0.2, -0.15) is 0 Å². The third-order valence-electron chi connectivity index (χ3n) is 5.92. The summed E-state index contributed by atoms with van der Waals surface area (Å²) in [5, 5.41) is 4.06. The van der Waals surface area contributed by atoms with Crippen LogP contribution in [0.25, 0.3) is 0 Å². The zero-order chi connectivity index (χ0) is 23.8. The number of halogens is 3. The van der Waals surface area contributed by atoms with Gasteiger partial charge in [-0.1, -0.05) is 66.7 Å². The van der Waals surface area contributed by atoms with Crippen molar-refractivity contribution in [3.63, 3.8) is 0 Å². The minimum Gasteiger partial charge on any atom is -0.352 e. The van der Waals surface area contributed by atoms with Crippen molar-refractivity contribution in [2.75, 3.05) is 5.75 Å². The fourth-order valence-corrected chi connectivity index (χ4v) is 5.30. The van der Waals surface area contributed by atoms with Gasteiger partial charge < -0.3 is 10.2 Å². The maximum absolute atomic E-state index is 13.9. The van der Waals surface area contributed by atoms with Gasteiger partial charge in [-0.05, 0) is 49.1 Å². The van der Waals surface area contributed by atoms with Crippen LogP contribution in [0.5, 0.6) is 0 Å². The van der Waals surface area contributed by atoms with E-state index >= 15 is 0 Å². The lowest BCUT2D eigenvalue weighted by molar-refractivity contribution is -0.139. The summed E-state index contributed by atoms with van der Waals surface area (Å²) in [7, 11) is 0. The van der Waals surface area contributed by atoms with Crippen molar-refractivity contribution in [1.82, 2.24) is 10.2 Å². The van der Waals surface area contributed by atoms with Crippen LogP contribution in [0.15, 0.2) is 42.5 Å². The molecule has 2 aromatic carbocycles. The highest BCUT2D eigenvalue weighted by atomic mass is 35.5. The summed E-state index contributed by atoms with van der Waals surface area (Å²) >= 11 is 13.7. The van der Waals surface area contributed by atoms with E-state index in [2.05, 4.69) is 5.32 Å². The number of nitrogens with one attached hydrogen (secondary N) is 1. The monoisotopic (exact) mass is 510 g/mol. The molecule has 0 aromatic heterocycles. The van der Waals surface area contributed by atoms with Crippen LogP contribution in [0.2, 0.25) is 10.0 Å². The zero-order valence-corrected chi connectivity index (χ0v) is 21.0. The first-order valence-electron chi connectivity index (χ1n) is 11.2. The second kappa shape index (κ2) is 12.6. The predicted molar refractivity (Wildman–Crippen MR) is 134 cm³/mol. The van der Waals surface area contributed by atoms with E-state index in [1.165, 1.54) is 24.2 Å². The van der Waals surface area contributed by atoms with Crippen LogP contribution in [-0.4, -0.2) is 34.6 Å². The third-order valence-corrected chi connectivity index (χ3v) is 7.47. The second-order valence-corrected chi connectivity index (χ2v) is 10.2. The van der Waals surface area contributed by atoms with Gasteiger partial charge in [-0.25, -0.2) is 4.39 Å². The summed E-state index contributed by atoms with van der Waals surface area (Å²) in [6.07, 6.45) is 5.34. The molecule has 1 aliphatic rings. The van der Waals surface area contributed by atoms with Gasteiger partial charge in [-0.15, -0.1) is 11.8 Å². The van der Waals surface area contributed by atoms with Gasteiger partial charge in [0, 0.05) is 28.4 Å². The molecular weight excluding hydrogens is 482 g/mol. The molecular formula is C25H29Cl2FN2O2S. The summed E-state index contributed by atoms with van der Waals surface area (Å²) in [5.74, 6) is -0.160. The Morgan fingerprint density at radius 3 is 2.55 bits per heavy atom. The number of thioether (sulfide) groups is 1. The molecule has 0 saturated heterocycles. The molecule has 178 valence electrons. The lowest BCUT2D eigenvalue weighted by Gasteiger charge is -2.31. The molecule has 1 saturated carbocycles. The highest BCUT2D eigenvalue weighted by Gasteiger charge is 2.28. The zero-order valence-electron chi connectivity index (χ0n) is 18.7. The first-order chi connectivity index (χ1) is 15.8. The summed E-state index contributed by atoms with van der Waals surface area (Å²) < 4.78 is 13.9. The fourth-order valence-electron chi connectivity index (χ4n) is 3.93. The summed E-state index contributed by atoms with van der Waals surface area (Å²) in [6.45, 7) is 1.93. The molecule has 1 fully saturated rings. The first kappa shape index (κ1) is 25.9. The van der Waals surface area contributed by atoms with Crippen molar-refractivity contribution >= 4 is 46.8 Å². The molecule has 2 amide bonds. The van der Waals surface area contributed by atoms with Crippen LogP contribution < -0.4 is 5.32 Å². The van der Waals surface area contributed by atoms with Crippen molar-refractivity contribution < 1.29 is 14.0 Å². The molecule has 0 radical (unpaired) electrons.